The monoisotopic (exact) mass is 463 g/mol. The van der Waals surface area contributed by atoms with Crippen molar-refractivity contribution in [2.45, 2.75) is 12.5 Å². The van der Waals surface area contributed by atoms with E-state index in [1.165, 1.54) is 0 Å². The number of hydrogen-bond donors (Lipinski definition) is 1. The number of likely N-dealkylation sites (N-methyl/N-ethyl adjacent to an activating group) is 1. The van der Waals surface area contributed by atoms with E-state index in [0.717, 1.165) is 41.7 Å². The zero-order valence-corrected chi connectivity index (χ0v) is 19.4. The molecule has 1 saturated heterocycles. The number of nitrogens with zero attached hydrogens (tertiary/aromatic N) is 2. The molecule has 3 aromatic rings. The highest BCUT2D eigenvalue weighted by Gasteiger charge is 2.26. The number of benzene rings is 2. The fourth-order valence-electron chi connectivity index (χ4n) is 3.82. The number of amides is 1. The van der Waals surface area contributed by atoms with Gasteiger partial charge in [-0.05, 0) is 43.3 Å². The van der Waals surface area contributed by atoms with Gasteiger partial charge >= 0.3 is 0 Å². The molecular weight excluding hydrogens is 437 g/mol. The second-order valence-corrected chi connectivity index (χ2v) is 7.20. The summed E-state index contributed by atoms with van der Waals surface area (Å²) in [6.45, 7) is 1.77. The predicted molar refractivity (Wildman–Crippen MR) is 128 cm³/mol. The average molecular weight is 464 g/mol. The fourth-order valence-corrected chi connectivity index (χ4v) is 3.82. The van der Waals surface area contributed by atoms with Crippen LogP contribution in [0.4, 0.5) is 0 Å². The van der Waals surface area contributed by atoms with Crippen molar-refractivity contribution in [1.82, 2.24) is 15.2 Å². The van der Waals surface area contributed by atoms with E-state index in [1.54, 1.807) is 14.2 Å². The second-order valence-electron chi connectivity index (χ2n) is 7.20. The minimum Gasteiger partial charge on any atom is -0.493 e. The summed E-state index contributed by atoms with van der Waals surface area (Å²) in [5, 5.41) is 4.19. The van der Waals surface area contributed by atoms with Gasteiger partial charge < -0.3 is 19.7 Å². The van der Waals surface area contributed by atoms with E-state index in [4.69, 9.17) is 14.5 Å². The Hall–Kier alpha value is -2.54. The van der Waals surface area contributed by atoms with E-state index in [-0.39, 0.29) is 36.8 Å². The number of fused-ring (bicyclic) bond motifs is 1. The number of para-hydroxylation sites is 1. The lowest BCUT2D eigenvalue weighted by molar-refractivity contribution is 0.0745. The zero-order valence-electron chi connectivity index (χ0n) is 17.8. The van der Waals surface area contributed by atoms with Crippen LogP contribution in [0.3, 0.4) is 0 Å². The van der Waals surface area contributed by atoms with Gasteiger partial charge in [0.15, 0.2) is 11.5 Å². The summed E-state index contributed by atoms with van der Waals surface area (Å²) in [6, 6.07) is 15.5. The molecule has 1 N–H and O–H groups in total. The van der Waals surface area contributed by atoms with E-state index in [0.29, 0.717) is 17.1 Å². The van der Waals surface area contributed by atoms with Crippen LogP contribution in [-0.4, -0.2) is 56.2 Å². The Bertz CT molecular complexity index is 1060. The molecule has 1 fully saturated rings. The maximum Gasteiger partial charge on any atom is 0.254 e. The van der Waals surface area contributed by atoms with Crippen LogP contribution in [0, 0.1) is 0 Å². The first-order valence-corrected chi connectivity index (χ1v) is 9.72. The summed E-state index contributed by atoms with van der Waals surface area (Å²) in [5.41, 5.74) is 3.05. The Morgan fingerprint density at radius 3 is 2.48 bits per heavy atom. The first kappa shape index (κ1) is 24.7. The summed E-state index contributed by atoms with van der Waals surface area (Å²) in [6.07, 6.45) is 0.966. The Morgan fingerprint density at radius 1 is 1.06 bits per heavy atom. The molecule has 0 saturated carbocycles. The normalized spacial score (nSPS) is 15.0. The van der Waals surface area contributed by atoms with E-state index < -0.39 is 0 Å². The molecular formula is C23H27Cl2N3O3. The molecule has 31 heavy (non-hydrogen) atoms. The molecule has 0 radical (unpaired) electrons. The minimum absolute atomic E-state index is 0. The number of pyridine rings is 1. The standard InChI is InChI=1S/C23H25N3O3.2ClH/c1-26(16-10-11-24-14-16)23(27)18-13-20(25-19-7-5-4-6-17(18)19)15-8-9-21(28-2)22(12-15)29-3;;/h4-9,12-13,16,24H,10-11,14H2,1-3H3;2*1H. The smallest absolute Gasteiger partial charge is 0.254 e. The Labute approximate surface area is 194 Å². The lowest BCUT2D eigenvalue weighted by atomic mass is 10.0. The number of carbonyl (C=O) groups is 1. The molecule has 166 valence electrons. The highest BCUT2D eigenvalue weighted by Crippen LogP contribution is 2.33. The number of ether oxygens (including phenoxy) is 2. The van der Waals surface area contributed by atoms with Gasteiger partial charge in [-0.1, -0.05) is 18.2 Å². The lowest BCUT2D eigenvalue weighted by Crippen LogP contribution is -2.38. The molecule has 1 aliphatic heterocycles. The Balaban J connectivity index is 0.00000171. The van der Waals surface area contributed by atoms with Gasteiger partial charge in [-0.25, -0.2) is 4.98 Å². The molecule has 4 rings (SSSR count). The van der Waals surface area contributed by atoms with Crippen molar-refractivity contribution in [3.8, 4) is 22.8 Å². The molecule has 0 spiro atoms. The van der Waals surface area contributed by atoms with E-state index >= 15 is 0 Å². The van der Waals surface area contributed by atoms with Gasteiger partial charge in [-0.2, -0.15) is 0 Å². The Morgan fingerprint density at radius 2 is 1.81 bits per heavy atom. The van der Waals surface area contributed by atoms with Crippen LogP contribution in [0.2, 0.25) is 0 Å². The molecule has 8 heteroatoms. The summed E-state index contributed by atoms with van der Waals surface area (Å²) >= 11 is 0. The highest BCUT2D eigenvalue weighted by atomic mass is 35.5. The van der Waals surface area contributed by atoms with Gasteiger partial charge in [0.2, 0.25) is 0 Å². The van der Waals surface area contributed by atoms with Crippen LogP contribution in [-0.2, 0) is 0 Å². The van der Waals surface area contributed by atoms with Crippen LogP contribution < -0.4 is 14.8 Å². The molecule has 1 unspecified atom stereocenters. The van der Waals surface area contributed by atoms with Crippen molar-refractivity contribution >= 4 is 41.6 Å². The molecule has 2 heterocycles. The van der Waals surface area contributed by atoms with Gasteiger partial charge in [0.1, 0.15) is 0 Å². The molecule has 6 nitrogen and oxygen atoms in total. The van der Waals surface area contributed by atoms with Crippen LogP contribution in [0.25, 0.3) is 22.2 Å². The highest BCUT2D eigenvalue weighted by molar-refractivity contribution is 6.07. The predicted octanol–water partition coefficient (Wildman–Crippen LogP) is 4.20. The third-order valence-corrected chi connectivity index (χ3v) is 5.53. The molecule has 1 atom stereocenters. The molecule has 2 aromatic carbocycles. The minimum atomic E-state index is 0. The number of rotatable bonds is 5. The fraction of sp³-hybridized carbons (Fsp3) is 0.304. The van der Waals surface area contributed by atoms with Crippen LogP contribution in [0.1, 0.15) is 16.8 Å². The van der Waals surface area contributed by atoms with Crippen molar-refractivity contribution in [1.29, 1.82) is 0 Å². The van der Waals surface area contributed by atoms with Crippen molar-refractivity contribution in [3.63, 3.8) is 0 Å². The Kier molecular flexibility index (Phi) is 8.51. The first-order valence-electron chi connectivity index (χ1n) is 9.72. The molecule has 0 aliphatic carbocycles. The number of carbonyl (C=O) groups excluding carboxylic acids is 1. The molecule has 1 aliphatic rings. The SMILES string of the molecule is COc1ccc(-c2cc(C(=O)N(C)C3CCNC3)c3ccccc3n2)cc1OC.Cl.Cl. The molecule has 1 amide bonds. The maximum absolute atomic E-state index is 13.4. The topological polar surface area (TPSA) is 63.7 Å². The van der Waals surface area contributed by atoms with Crippen molar-refractivity contribution in [2.75, 3.05) is 34.4 Å². The number of methoxy groups -OCH3 is 2. The maximum atomic E-state index is 13.4. The number of nitrogens with one attached hydrogen (secondary N) is 1. The third kappa shape index (κ3) is 4.87. The van der Waals surface area contributed by atoms with Crippen molar-refractivity contribution < 1.29 is 14.3 Å². The largest absolute Gasteiger partial charge is 0.493 e. The number of hydrogen-bond acceptors (Lipinski definition) is 5. The second kappa shape index (κ2) is 10.7. The zero-order chi connectivity index (χ0) is 20.4. The lowest BCUT2D eigenvalue weighted by Gasteiger charge is -2.24. The van der Waals surface area contributed by atoms with Crippen LogP contribution in [0.15, 0.2) is 48.5 Å². The van der Waals surface area contributed by atoms with Crippen LogP contribution >= 0.6 is 24.8 Å². The summed E-state index contributed by atoms with van der Waals surface area (Å²) in [4.78, 5) is 20.0. The van der Waals surface area contributed by atoms with Gasteiger partial charge in [0.05, 0.1) is 31.0 Å². The van der Waals surface area contributed by atoms with E-state index in [9.17, 15) is 4.79 Å². The average Bonchev–Trinajstić information content (AvgIpc) is 3.31. The summed E-state index contributed by atoms with van der Waals surface area (Å²) < 4.78 is 10.8. The van der Waals surface area contributed by atoms with Crippen LogP contribution in [0.5, 0.6) is 11.5 Å². The summed E-state index contributed by atoms with van der Waals surface area (Å²) in [5.74, 6) is 1.29. The third-order valence-electron chi connectivity index (χ3n) is 5.53. The number of aromatic nitrogens is 1. The van der Waals surface area contributed by atoms with Crippen molar-refractivity contribution in [3.05, 3.63) is 54.1 Å². The van der Waals surface area contributed by atoms with E-state index in [1.807, 2.05) is 60.5 Å². The first-order chi connectivity index (χ1) is 14.1. The number of halogens is 2. The van der Waals surface area contributed by atoms with E-state index in [2.05, 4.69) is 5.32 Å². The van der Waals surface area contributed by atoms with Gasteiger partial charge in [0.25, 0.3) is 5.91 Å². The van der Waals surface area contributed by atoms with Gasteiger partial charge in [-0.3, -0.25) is 4.79 Å². The summed E-state index contributed by atoms with van der Waals surface area (Å²) in [7, 11) is 5.09. The van der Waals surface area contributed by atoms with Crippen molar-refractivity contribution in [2.24, 2.45) is 0 Å². The molecule has 1 aromatic heterocycles. The quantitative estimate of drug-likeness (QED) is 0.614. The van der Waals surface area contributed by atoms with Gasteiger partial charge in [-0.15, -0.1) is 24.8 Å². The molecule has 0 bridgehead atoms. The van der Waals surface area contributed by atoms with Gasteiger partial charge in [0, 0.05) is 30.6 Å².